The average molecular weight is 394 g/mol. The van der Waals surface area contributed by atoms with Crippen molar-refractivity contribution in [3.8, 4) is 0 Å². The van der Waals surface area contributed by atoms with Gasteiger partial charge in [-0.3, -0.25) is 19.7 Å². The Morgan fingerprint density at radius 2 is 1.71 bits per heavy atom. The SMILES string of the molecule is C/C(=N\NC(=O)c1ccc([N+](=O)[O-])cc1)c1cccc(NC(=O)C(F)(F)F)c1. The molecular formula is C17H13F3N4O4. The Kier molecular flexibility index (Phi) is 6.08. The summed E-state index contributed by atoms with van der Waals surface area (Å²) >= 11 is 0. The smallest absolute Gasteiger partial charge is 0.318 e. The third-order valence-electron chi connectivity index (χ3n) is 3.46. The molecule has 0 bridgehead atoms. The maximum Gasteiger partial charge on any atom is 0.471 e. The Hall–Kier alpha value is -3.76. The predicted molar refractivity (Wildman–Crippen MR) is 93.9 cm³/mol. The summed E-state index contributed by atoms with van der Waals surface area (Å²) in [6, 6.07) is 10.3. The van der Waals surface area contributed by atoms with Crippen LogP contribution in [0.1, 0.15) is 22.8 Å². The lowest BCUT2D eigenvalue weighted by Gasteiger charge is -2.09. The molecule has 2 aromatic carbocycles. The number of hydrazone groups is 1. The molecule has 2 amide bonds. The summed E-state index contributed by atoms with van der Waals surface area (Å²) in [5, 5.41) is 16.2. The van der Waals surface area contributed by atoms with E-state index >= 15 is 0 Å². The van der Waals surface area contributed by atoms with E-state index in [0.717, 1.165) is 12.1 Å². The van der Waals surface area contributed by atoms with Crippen LogP contribution in [0.2, 0.25) is 0 Å². The van der Waals surface area contributed by atoms with Crippen molar-refractivity contribution in [3.05, 3.63) is 69.8 Å². The molecule has 0 heterocycles. The highest BCUT2D eigenvalue weighted by molar-refractivity contribution is 6.02. The molecule has 0 aromatic heterocycles. The fourth-order valence-corrected chi connectivity index (χ4v) is 2.02. The fraction of sp³-hybridized carbons (Fsp3) is 0.118. The minimum absolute atomic E-state index is 0.0870. The number of halogens is 3. The van der Waals surface area contributed by atoms with E-state index < -0.39 is 22.9 Å². The summed E-state index contributed by atoms with van der Waals surface area (Å²) in [5.74, 6) is -2.73. The number of rotatable bonds is 5. The normalized spacial score (nSPS) is 11.6. The van der Waals surface area contributed by atoms with Gasteiger partial charge in [-0.1, -0.05) is 12.1 Å². The van der Waals surface area contributed by atoms with Crippen LogP contribution in [0.4, 0.5) is 24.5 Å². The van der Waals surface area contributed by atoms with E-state index in [0.29, 0.717) is 5.56 Å². The van der Waals surface area contributed by atoms with E-state index in [9.17, 15) is 32.9 Å². The zero-order valence-electron chi connectivity index (χ0n) is 14.3. The highest BCUT2D eigenvalue weighted by atomic mass is 19.4. The average Bonchev–Trinajstić information content (AvgIpc) is 2.65. The van der Waals surface area contributed by atoms with E-state index in [1.54, 1.807) is 5.32 Å². The summed E-state index contributed by atoms with van der Waals surface area (Å²) in [4.78, 5) is 33.0. The van der Waals surface area contributed by atoms with Gasteiger partial charge in [0.05, 0.1) is 10.6 Å². The number of anilines is 1. The van der Waals surface area contributed by atoms with Crippen molar-refractivity contribution >= 4 is 28.9 Å². The highest BCUT2D eigenvalue weighted by Gasteiger charge is 2.38. The third-order valence-corrected chi connectivity index (χ3v) is 3.46. The van der Waals surface area contributed by atoms with Crippen LogP contribution in [0.15, 0.2) is 53.6 Å². The first-order chi connectivity index (χ1) is 13.1. The van der Waals surface area contributed by atoms with Gasteiger partial charge in [0.25, 0.3) is 11.6 Å². The minimum Gasteiger partial charge on any atom is -0.318 e. The monoisotopic (exact) mass is 394 g/mol. The summed E-state index contributed by atoms with van der Waals surface area (Å²) < 4.78 is 36.9. The number of non-ortho nitro benzene ring substituents is 1. The predicted octanol–water partition coefficient (Wildman–Crippen LogP) is 3.25. The van der Waals surface area contributed by atoms with Crippen LogP contribution in [0.25, 0.3) is 0 Å². The number of carbonyl (C=O) groups excluding carboxylic acids is 2. The van der Waals surface area contributed by atoms with Crippen LogP contribution in [0, 0.1) is 10.1 Å². The van der Waals surface area contributed by atoms with E-state index in [1.807, 2.05) is 0 Å². The number of hydrogen-bond acceptors (Lipinski definition) is 5. The number of amides is 2. The van der Waals surface area contributed by atoms with Gasteiger partial charge >= 0.3 is 12.1 Å². The first-order valence-corrected chi connectivity index (χ1v) is 7.65. The van der Waals surface area contributed by atoms with Crippen LogP contribution in [-0.2, 0) is 4.79 Å². The molecular weight excluding hydrogens is 381 g/mol. The van der Waals surface area contributed by atoms with Crippen LogP contribution >= 0.6 is 0 Å². The van der Waals surface area contributed by atoms with Crippen molar-refractivity contribution in [1.29, 1.82) is 0 Å². The third kappa shape index (κ3) is 5.37. The molecule has 0 unspecified atom stereocenters. The van der Waals surface area contributed by atoms with E-state index in [2.05, 4.69) is 10.5 Å². The van der Waals surface area contributed by atoms with Crippen molar-refractivity contribution in [3.63, 3.8) is 0 Å². The summed E-state index contributed by atoms with van der Waals surface area (Å²) in [5.41, 5.74) is 2.74. The highest BCUT2D eigenvalue weighted by Crippen LogP contribution is 2.19. The standard InChI is InChI=1S/C17H13F3N4O4/c1-10(12-3-2-4-13(9-12)21-16(26)17(18,19)20)22-23-15(25)11-5-7-14(8-6-11)24(27)28/h2-9H,1H3,(H,21,26)(H,23,25)/b22-10+. The molecule has 146 valence electrons. The quantitative estimate of drug-likeness (QED) is 0.460. The van der Waals surface area contributed by atoms with Crippen LogP contribution in [0.3, 0.4) is 0 Å². The molecule has 0 spiro atoms. The molecule has 0 aliphatic rings. The summed E-state index contributed by atoms with van der Waals surface area (Å²) in [6.07, 6.45) is -5.02. The van der Waals surface area contributed by atoms with Crippen molar-refractivity contribution in [2.24, 2.45) is 5.10 Å². The molecule has 2 aromatic rings. The van der Waals surface area contributed by atoms with Crippen LogP contribution < -0.4 is 10.7 Å². The second kappa shape index (κ2) is 8.29. The van der Waals surface area contributed by atoms with Gasteiger partial charge in [-0.2, -0.15) is 18.3 Å². The number of benzene rings is 2. The van der Waals surface area contributed by atoms with E-state index in [4.69, 9.17) is 0 Å². The summed E-state index contributed by atoms with van der Waals surface area (Å²) in [7, 11) is 0. The van der Waals surface area contributed by atoms with Gasteiger partial charge in [0.1, 0.15) is 0 Å². The van der Waals surface area contributed by atoms with Crippen LogP contribution in [0.5, 0.6) is 0 Å². The Balaban J connectivity index is 2.08. The molecule has 0 aliphatic heterocycles. The molecule has 0 aliphatic carbocycles. The van der Waals surface area contributed by atoms with Gasteiger partial charge in [0, 0.05) is 23.4 Å². The maximum absolute atomic E-state index is 12.3. The van der Waals surface area contributed by atoms with Crippen molar-refractivity contribution < 1.29 is 27.7 Å². The number of hydrogen-bond donors (Lipinski definition) is 2. The van der Waals surface area contributed by atoms with Gasteiger partial charge in [-0.05, 0) is 36.8 Å². The molecule has 2 N–H and O–H groups in total. The molecule has 0 atom stereocenters. The first kappa shape index (κ1) is 20.6. The van der Waals surface area contributed by atoms with E-state index in [1.165, 1.54) is 43.3 Å². The Bertz CT molecular complexity index is 940. The molecule has 11 heteroatoms. The topological polar surface area (TPSA) is 114 Å². The first-order valence-electron chi connectivity index (χ1n) is 7.65. The number of alkyl halides is 3. The van der Waals surface area contributed by atoms with Gasteiger partial charge in [-0.15, -0.1) is 0 Å². The lowest BCUT2D eigenvalue weighted by molar-refractivity contribution is -0.384. The zero-order chi connectivity index (χ0) is 20.9. The largest absolute Gasteiger partial charge is 0.471 e. The lowest BCUT2D eigenvalue weighted by Crippen LogP contribution is -2.29. The Morgan fingerprint density at radius 1 is 1.07 bits per heavy atom. The van der Waals surface area contributed by atoms with Crippen molar-refractivity contribution in [1.82, 2.24) is 5.43 Å². The molecule has 28 heavy (non-hydrogen) atoms. The van der Waals surface area contributed by atoms with Gasteiger partial charge < -0.3 is 5.32 Å². The van der Waals surface area contributed by atoms with E-state index in [-0.39, 0.29) is 22.6 Å². The second-order valence-corrected chi connectivity index (χ2v) is 5.47. The molecule has 0 saturated carbocycles. The zero-order valence-corrected chi connectivity index (χ0v) is 14.3. The second-order valence-electron chi connectivity index (χ2n) is 5.47. The summed E-state index contributed by atoms with van der Waals surface area (Å²) in [6.45, 7) is 1.50. The molecule has 0 saturated heterocycles. The number of nitro groups is 1. The molecule has 8 nitrogen and oxygen atoms in total. The maximum atomic E-state index is 12.3. The Morgan fingerprint density at radius 3 is 2.29 bits per heavy atom. The van der Waals surface area contributed by atoms with Crippen molar-refractivity contribution in [2.45, 2.75) is 13.1 Å². The number of nitrogens with one attached hydrogen (secondary N) is 2. The molecule has 0 fully saturated rings. The van der Waals surface area contributed by atoms with Gasteiger partial charge in [0.2, 0.25) is 0 Å². The number of carbonyl (C=O) groups is 2. The van der Waals surface area contributed by atoms with Crippen LogP contribution in [-0.4, -0.2) is 28.6 Å². The minimum atomic E-state index is -5.02. The molecule has 0 radical (unpaired) electrons. The lowest BCUT2D eigenvalue weighted by atomic mass is 10.1. The number of nitro benzene ring substituents is 1. The molecule has 2 rings (SSSR count). The van der Waals surface area contributed by atoms with Gasteiger partial charge in [-0.25, -0.2) is 5.43 Å². The Labute approximate surface area is 156 Å². The number of nitrogens with zero attached hydrogens (tertiary/aromatic N) is 2. The van der Waals surface area contributed by atoms with Gasteiger partial charge in [0.15, 0.2) is 0 Å². The van der Waals surface area contributed by atoms with Crippen molar-refractivity contribution in [2.75, 3.05) is 5.32 Å². The fourth-order valence-electron chi connectivity index (χ4n) is 2.02.